The molecule has 2 saturated heterocycles. The van der Waals surface area contributed by atoms with E-state index in [0.717, 1.165) is 44.0 Å². The van der Waals surface area contributed by atoms with E-state index in [1.165, 1.54) is 7.05 Å². The van der Waals surface area contributed by atoms with Gasteiger partial charge in [0.25, 0.3) is 0 Å². The molecule has 0 spiro atoms. The Hall–Kier alpha value is -0.860. The molecule has 8 heteroatoms. The van der Waals surface area contributed by atoms with Gasteiger partial charge in [0.05, 0.1) is 12.6 Å². The van der Waals surface area contributed by atoms with Gasteiger partial charge in [0.2, 0.25) is 5.91 Å². The number of carbonyl (C=O) groups excluding carboxylic acids is 1. The second-order valence-corrected chi connectivity index (χ2v) is 6.08. The normalized spacial score (nSPS) is 24.6. The van der Waals surface area contributed by atoms with Crippen molar-refractivity contribution in [3.8, 4) is 0 Å². The summed E-state index contributed by atoms with van der Waals surface area (Å²) in [6, 6.07) is 0. The van der Waals surface area contributed by atoms with E-state index in [4.69, 9.17) is 4.74 Å². The van der Waals surface area contributed by atoms with Gasteiger partial charge in [-0.3, -0.25) is 14.6 Å². The molecule has 0 aromatic carbocycles. The molecule has 1 amide bonds. The lowest BCUT2D eigenvalue weighted by atomic mass is 10.2. The highest BCUT2D eigenvalue weighted by molar-refractivity contribution is 5.78. The zero-order valence-electron chi connectivity index (χ0n) is 12.9. The monoisotopic (exact) mass is 323 g/mol. The number of ether oxygens (including phenoxy) is 1. The highest BCUT2D eigenvalue weighted by Crippen LogP contribution is 2.16. The van der Waals surface area contributed by atoms with Crippen molar-refractivity contribution in [3.05, 3.63) is 0 Å². The Morgan fingerprint density at radius 2 is 1.86 bits per heavy atom. The lowest BCUT2D eigenvalue weighted by Gasteiger charge is -2.36. The molecule has 2 aliphatic rings. The smallest absolute Gasteiger partial charge is 0.377 e. The fraction of sp³-hybridized carbons (Fsp3) is 0.929. The fourth-order valence-electron chi connectivity index (χ4n) is 2.88. The van der Waals surface area contributed by atoms with Crippen molar-refractivity contribution < 1.29 is 22.7 Å². The largest absolute Gasteiger partial charge is 0.406 e. The maximum Gasteiger partial charge on any atom is 0.406 e. The number of rotatable bonds is 5. The van der Waals surface area contributed by atoms with Gasteiger partial charge in [-0.25, -0.2) is 0 Å². The molecule has 0 N–H and O–H groups in total. The molecule has 0 aromatic heterocycles. The molecule has 1 atom stereocenters. The molecule has 128 valence electrons. The van der Waals surface area contributed by atoms with E-state index >= 15 is 0 Å². The van der Waals surface area contributed by atoms with Crippen LogP contribution in [0.2, 0.25) is 0 Å². The van der Waals surface area contributed by atoms with Crippen LogP contribution in [-0.4, -0.2) is 92.4 Å². The highest BCUT2D eigenvalue weighted by Gasteiger charge is 2.32. The summed E-state index contributed by atoms with van der Waals surface area (Å²) in [5, 5.41) is 0. The second kappa shape index (κ2) is 7.61. The van der Waals surface area contributed by atoms with E-state index in [0.29, 0.717) is 19.2 Å². The molecule has 0 saturated carbocycles. The molecule has 2 heterocycles. The maximum atomic E-state index is 12.3. The summed E-state index contributed by atoms with van der Waals surface area (Å²) in [5.74, 6) is -0.482. The number of amides is 1. The molecule has 0 radical (unpaired) electrons. The van der Waals surface area contributed by atoms with Gasteiger partial charge in [-0.1, -0.05) is 0 Å². The second-order valence-electron chi connectivity index (χ2n) is 6.08. The molecule has 5 nitrogen and oxygen atoms in total. The molecule has 2 aliphatic heterocycles. The van der Waals surface area contributed by atoms with Gasteiger partial charge in [0, 0.05) is 46.4 Å². The van der Waals surface area contributed by atoms with Crippen LogP contribution in [-0.2, 0) is 9.53 Å². The SMILES string of the molecule is CN(CC(F)(F)F)C(=O)CN1CCN(C[C@H]2CCCO2)CC1. The Balaban J connectivity index is 1.67. The van der Waals surface area contributed by atoms with Crippen molar-refractivity contribution in [3.63, 3.8) is 0 Å². The van der Waals surface area contributed by atoms with E-state index in [1.807, 2.05) is 4.90 Å². The van der Waals surface area contributed by atoms with Crippen molar-refractivity contribution in [2.24, 2.45) is 0 Å². The van der Waals surface area contributed by atoms with E-state index in [1.54, 1.807) is 0 Å². The Bertz CT molecular complexity index is 365. The minimum absolute atomic E-state index is 0.0559. The first-order valence-electron chi connectivity index (χ1n) is 7.70. The average Bonchev–Trinajstić information content (AvgIpc) is 2.92. The lowest BCUT2D eigenvalue weighted by Crippen LogP contribution is -2.51. The quantitative estimate of drug-likeness (QED) is 0.750. The first kappa shape index (κ1) is 17.5. The summed E-state index contributed by atoms with van der Waals surface area (Å²) in [6.45, 7) is 3.69. The zero-order valence-corrected chi connectivity index (χ0v) is 12.9. The number of alkyl halides is 3. The molecule has 0 unspecified atom stereocenters. The Morgan fingerprint density at radius 3 is 2.41 bits per heavy atom. The maximum absolute atomic E-state index is 12.3. The van der Waals surface area contributed by atoms with E-state index < -0.39 is 18.6 Å². The molecule has 2 rings (SSSR count). The van der Waals surface area contributed by atoms with Gasteiger partial charge in [-0.2, -0.15) is 13.2 Å². The first-order valence-corrected chi connectivity index (χ1v) is 7.70. The molecule has 22 heavy (non-hydrogen) atoms. The lowest BCUT2D eigenvalue weighted by molar-refractivity contribution is -0.159. The molecule has 0 bridgehead atoms. The molecule has 2 fully saturated rings. The summed E-state index contributed by atoms with van der Waals surface area (Å²) in [7, 11) is 1.20. The number of piperazine rings is 1. The van der Waals surface area contributed by atoms with Crippen LogP contribution in [0.1, 0.15) is 12.8 Å². The van der Waals surface area contributed by atoms with Crippen molar-refractivity contribution >= 4 is 5.91 Å². The van der Waals surface area contributed by atoms with Gasteiger partial charge in [-0.15, -0.1) is 0 Å². The van der Waals surface area contributed by atoms with Crippen LogP contribution in [0.15, 0.2) is 0 Å². The highest BCUT2D eigenvalue weighted by atomic mass is 19.4. The summed E-state index contributed by atoms with van der Waals surface area (Å²) >= 11 is 0. The standard InChI is InChI=1S/C14H24F3N3O2/c1-18(11-14(15,16)17)13(21)10-20-6-4-19(5-7-20)9-12-3-2-8-22-12/h12H,2-11H2,1H3/t12-/m1/s1. The van der Waals surface area contributed by atoms with Crippen molar-refractivity contribution in [2.75, 3.05) is 59.5 Å². The molecule has 0 aliphatic carbocycles. The Labute approximate surface area is 129 Å². The van der Waals surface area contributed by atoms with Crippen LogP contribution < -0.4 is 0 Å². The van der Waals surface area contributed by atoms with Crippen LogP contribution >= 0.6 is 0 Å². The van der Waals surface area contributed by atoms with Crippen LogP contribution in [0.3, 0.4) is 0 Å². The van der Waals surface area contributed by atoms with E-state index in [2.05, 4.69) is 4.90 Å². The van der Waals surface area contributed by atoms with Crippen molar-refractivity contribution in [1.29, 1.82) is 0 Å². The van der Waals surface area contributed by atoms with Crippen LogP contribution in [0, 0.1) is 0 Å². The van der Waals surface area contributed by atoms with Gasteiger partial charge in [0.15, 0.2) is 0 Å². The number of hydrogen-bond donors (Lipinski definition) is 0. The average molecular weight is 323 g/mol. The van der Waals surface area contributed by atoms with Crippen LogP contribution in [0.25, 0.3) is 0 Å². The third kappa shape index (κ3) is 5.73. The summed E-state index contributed by atoms with van der Waals surface area (Å²) in [4.78, 5) is 16.8. The molecular weight excluding hydrogens is 299 g/mol. The third-order valence-electron chi connectivity index (χ3n) is 4.15. The van der Waals surface area contributed by atoms with Gasteiger partial charge >= 0.3 is 6.18 Å². The van der Waals surface area contributed by atoms with E-state index in [-0.39, 0.29) is 6.54 Å². The van der Waals surface area contributed by atoms with Crippen molar-refractivity contribution in [2.45, 2.75) is 25.1 Å². The third-order valence-corrected chi connectivity index (χ3v) is 4.15. The minimum atomic E-state index is -4.34. The predicted octanol–water partition coefficient (Wildman–Crippen LogP) is 0.804. The minimum Gasteiger partial charge on any atom is -0.377 e. The number of nitrogens with zero attached hydrogens (tertiary/aromatic N) is 3. The predicted molar refractivity (Wildman–Crippen MR) is 75.5 cm³/mol. The zero-order chi connectivity index (χ0) is 16.2. The topological polar surface area (TPSA) is 36.0 Å². The van der Waals surface area contributed by atoms with Crippen LogP contribution in [0.4, 0.5) is 13.2 Å². The first-order chi connectivity index (χ1) is 10.3. The summed E-state index contributed by atoms with van der Waals surface area (Å²) in [5.41, 5.74) is 0. The molecule has 0 aromatic rings. The van der Waals surface area contributed by atoms with Gasteiger partial charge in [-0.05, 0) is 12.8 Å². The Kier molecular flexibility index (Phi) is 6.05. The summed E-state index contributed by atoms with van der Waals surface area (Å²) < 4.78 is 42.4. The Morgan fingerprint density at radius 1 is 1.23 bits per heavy atom. The van der Waals surface area contributed by atoms with Gasteiger partial charge < -0.3 is 9.64 Å². The van der Waals surface area contributed by atoms with E-state index in [9.17, 15) is 18.0 Å². The van der Waals surface area contributed by atoms with Crippen molar-refractivity contribution in [1.82, 2.24) is 14.7 Å². The van der Waals surface area contributed by atoms with Crippen LogP contribution in [0.5, 0.6) is 0 Å². The molecular formula is C14H24F3N3O2. The number of carbonyl (C=O) groups is 1. The summed E-state index contributed by atoms with van der Waals surface area (Å²) in [6.07, 6.45) is -1.82. The fourth-order valence-corrected chi connectivity index (χ4v) is 2.88. The number of hydrogen-bond acceptors (Lipinski definition) is 4. The number of likely N-dealkylation sites (N-methyl/N-ethyl adjacent to an activating group) is 1. The van der Waals surface area contributed by atoms with Gasteiger partial charge in [0.1, 0.15) is 6.54 Å². The number of halogens is 3.